The van der Waals surface area contributed by atoms with Gasteiger partial charge in [0.25, 0.3) is 0 Å². The van der Waals surface area contributed by atoms with Crippen LogP contribution in [0.4, 0.5) is 0 Å². The van der Waals surface area contributed by atoms with Gasteiger partial charge in [-0.05, 0) is 41.3 Å². The van der Waals surface area contributed by atoms with Gasteiger partial charge in [-0.2, -0.15) is 0 Å². The third-order valence-corrected chi connectivity index (χ3v) is 4.38. The van der Waals surface area contributed by atoms with Crippen molar-refractivity contribution in [2.75, 3.05) is 0 Å². The van der Waals surface area contributed by atoms with Crippen molar-refractivity contribution >= 4 is 23.4 Å². The lowest BCUT2D eigenvalue weighted by Crippen LogP contribution is -1.96. The van der Waals surface area contributed by atoms with Gasteiger partial charge in [-0.3, -0.25) is 0 Å². The summed E-state index contributed by atoms with van der Waals surface area (Å²) in [6.07, 6.45) is 0. The number of halogens is 1. The molecule has 0 aromatic heterocycles. The van der Waals surface area contributed by atoms with Crippen LogP contribution in [-0.2, 0) is 6.54 Å². The number of hydrogen-bond donors (Lipinski definition) is 1. The number of nitrogens with two attached hydrogens (primary N) is 1. The second kappa shape index (κ2) is 6.47. The van der Waals surface area contributed by atoms with Gasteiger partial charge in [0.1, 0.15) is 0 Å². The van der Waals surface area contributed by atoms with Crippen LogP contribution in [-0.4, -0.2) is 0 Å². The summed E-state index contributed by atoms with van der Waals surface area (Å²) < 4.78 is 0. The Balaban J connectivity index is 2.14. The summed E-state index contributed by atoms with van der Waals surface area (Å²) >= 11 is 7.89. The summed E-state index contributed by atoms with van der Waals surface area (Å²) in [5.74, 6) is 0.567. The molecule has 1 nitrogen and oxygen atoms in total. The van der Waals surface area contributed by atoms with E-state index in [0.717, 1.165) is 15.5 Å². The van der Waals surface area contributed by atoms with E-state index >= 15 is 0 Å². The van der Waals surface area contributed by atoms with Crippen molar-refractivity contribution in [2.45, 2.75) is 36.1 Å². The molecule has 0 unspecified atom stereocenters. The maximum absolute atomic E-state index is 6.17. The van der Waals surface area contributed by atoms with Crippen LogP contribution < -0.4 is 5.73 Å². The van der Waals surface area contributed by atoms with Gasteiger partial charge in [0.05, 0.1) is 0 Å². The highest BCUT2D eigenvalue weighted by Crippen LogP contribution is 2.31. The summed E-state index contributed by atoms with van der Waals surface area (Å²) in [4.78, 5) is 2.36. The van der Waals surface area contributed by atoms with Crippen LogP contribution >= 0.6 is 23.4 Å². The molecule has 0 atom stereocenters. The Bertz CT molecular complexity index is 549. The minimum absolute atomic E-state index is 0.479. The van der Waals surface area contributed by atoms with Crippen molar-refractivity contribution in [3.63, 3.8) is 0 Å². The molecule has 0 aliphatic rings. The standard InChI is InChI=1S/C16H18ClNS/c1-11(2)12-3-6-14(7-4-12)19-15-8-5-13(10-18)16(17)9-15/h3-9,11H,10,18H2,1-2H3. The van der Waals surface area contributed by atoms with Crippen molar-refractivity contribution < 1.29 is 0 Å². The fourth-order valence-electron chi connectivity index (χ4n) is 1.81. The lowest BCUT2D eigenvalue weighted by molar-refractivity contribution is 0.865. The minimum atomic E-state index is 0.479. The van der Waals surface area contributed by atoms with E-state index in [0.29, 0.717) is 12.5 Å². The summed E-state index contributed by atoms with van der Waals surface area (Å²) in [6, 6.07) is 14.7. The molecular weight excluding hydrogens is 274 g/mol. The Morgan fingerprint density at radius 3 is 2.21 bits per heavy atom. The molecule has 0 amide bonds. The third-order valence-electron chi connectivity index (χ3n) is 3.03. The molecule has 0 saturated carbocycles. The van der Waals surface area contributed by atoms with Crippen molar-refractivity contribution in [3.8, 4) is 0 Å². The van der Waals surface area contributed by atoms with Gasteiger partial charge in [-0.25, -0.2) is 0 Å². The van der Waals surface area contributed by atoms with Gasteiger partial charge in [0.2, 0.25) is 0 Å². The molecular formula is C16H18ClNS. The largest absolute Gasteiger partial charge is 0.326 e. The summed E-state index contributed by atoms with van der Waals surface area (Å²) in [5, 5.41) is 0.742. The molecule has 100 valence electrons. The van der Waals surface area contributed by atoms with Gasteiger partial charge < -0.3 is 5.73 Å². The fourth-order valence-corrected chi connectivity index (χ4v) is 2.99. The predicted molar refractivity (Wildman–Crippen MR) is 84.0 cm³/mol. The maximum atomic E-state index is 6.17. The van der Waals surface area contributed by atoms with Crippen molar-refractivity contribution in [3.05, 3.63) is 58.6 Å². The van der Waals surface area contributed by atoms with E-state index in [4.69, 9.17) is 17.3 Å². The van der Waals surface area contributed by atoms with Gasteiger partial charge >= 0.3 is 0 Å². The molecule has 3 heteroatoms. The SMILES string of the molecule is CC(C)c1ccc(Sc2ccc(CN)c(Cl)c2)cc1. The Hall–Kier alpha value is -0.960. The number of hydrogen-bond acceptors (Lipinski definition) is 2. The molecule has 0 aliphatic carbocycles. The van der Waals surface area contributed by atoms with Crippen molar-refractivity contribution in [1.29, 1.82) is 0 Å². The quantitative estimate of drug-likeness (QED) is 0.851. The molecule has 0 spiro atoms. The Morgan fingerprint density at radius 1 is 1.05 bits per heavy atom. The predicted octanol–water partition coefficient (Wildman–Crippen LogP) is 5.07. The topological polar surface area (TPSA) is 26.0 Å². The second-order valence-corrected chi connectivity index (χ2v) is 6.34. The van der Waals surface area contributed by atoms with Gasteiger partial charge in [0.15, 0.2) is 0 Å². The van der Waals surface area contributed by atoms with Crippen LogP contribution in [0.2, 0.25) is 5.02 Å². The van der Waals surface area contributed by atoms with E-state index in [1.165, 1.54) is 10.5 Å². The first kappa shape index (κ1) is 14.4. The molecule has 0 heterocycles. The highest BCUT2D eigenvalue weighted by atomic mass is 35.5. The summed E-state index contributed by atoms with van der Waals surface area (Å²) in [7, 11) is 0. The van der Waals surface area contributed by atoms with Gasteiger partial charge in [0, 0.05) is 21.4 Å². The zero-order chi connectivity index (χ0) is 13.8. The Kier molecular flexibility index (Phi) is 4.92. The zero-order valence-electron chi connectivity index (χ0n) is 11.2. The summed E-state index contributed by atoms with van der Waals surface area (Å²) in [5.41, 5.74) is 7.96. The molecule has 0 aliphatic heterocycles. The average Bonchev–Trinajstić information content (AvgIpc) is 2.39. The highest BCUT2D eigenvalue weighted by molar-refractivity contribution is 7.99. The molecule has 2 aromatic rings. The first-order chi connectivity index (χ1) is 9.10. The Morgan fingerprint density at radius 2 is 1.68 bits per heavy atom. The molecule has 2 aromatic carbocycles. The van der Waals surface area contributed by atoms with Crippen LogP contribution in [0.1, 0.15) is 30.9 Å². The van der Waals surface area contributed by atoms with Crippen LogP contribution in [0.3, 0.4) is 0 Å². The first-order valence-electron chi connectivity index (χ1n) is 6.36. The Labute approximate surface area is 124 Å². The molecule has 19 heavy (non-hydrogen) atoms. The van der Waals surface area contributed by atoms with E-state index in [-0.39, 0.29) is 0 Å². The molecule has 0 radical (unpaired) electrons. The van der Waals surface area contributed by atoms with Crippen LogP contribution in [0.5, 0.6) is 0 Å². The average molecular weight is 292 g/mol. The van der Waals surface area contributed by atoms with E-state index in [9.17, 15) is 0 Å². The lowest BCUT2D eigenvalue weighted by Gasteiger charge is -2.08. The highest BCUT2D eigenvalue weighted by Gasteiger charge is 2.03. The van der Waals surface area contributed by atoms with E-state index < -0.39 is 0 Å². The monoisotopic (exact) mass is 291 g/mol. The maximum Gasteiger partial charge on any atom is 0.0462 e. The van der Waals surface area contributed by atoms with Gasteiger partial charge in [-0.1, -0.05) is 55.4 Å². The van der Waals surface area contributed by atoms with E-state index in [1.807, 2.05) is 12.1 Å². The number of benzene rings is 2. The fraction of sp³-hybridized carbons (Fsp3) is 0.250. The summed E-state index contributed by atoms with van der Waals surface area (Å²) in [6.45, 7) is 4.88. The molecule has 0 fully saturated rings. The van der Waals surface area contributed by atoms with Crippen molar-refractivity contribution in [2.24, 2.45) is 5.73 Å². The minimum Gasteiger partial charge on any atom is -0.326 e. The first-order valence-corrected chi connectivity index (χ1v) is 7.56. The second-order valence-electron chi connectivity index (χ2n) is 4.78. The zero-order valence-corrected chi connectivity index (χ0v) is 12.8. The third kappa shape index (κ3) is 3.75. The molecule has 0 saturated heterocycles. The smallest absolute Gasteiger partial charge is 0.0462 e. The van der Waals surface area contributed by atoms with Crippen LogP contribution in [0.25, 0.3) is 0 Å². The molecule has 2 rings (SSSR count). The van der Waals surface area contributed by atoms with E-state index in [1.54, 1.807) is 11.8 Å². The molecule has 0 bridgehead atoms. The van der Waals surface area contributed by atoms with Gasteiger partial charge in [-0.15, -0.1) is 0 Å². The van der Waals surface area contributed by atoms with E-state index in [2.05, 4.69) is 44.2 Å². The van der Waals surface area contributed by atoms with Crippen LogP contribution in [0.15, 0.2) is 52.3 Å². The normalized spacial score (nSPS) is 11.0. The lowest BCUT2D eigenvalue weighted by atomic mass is 10.0. The molecule has 2 N–H and O–H groups in total. The number of rotatable bonds is 4. The van der Waals surface area contributed by atoms with Crippen LogP contribution in [0, 0.1) is 0 Å². The van der Waals surface area contributed by atoms with Crippen molar-refractivity contribution in [1.82, 2.24) is 0 Å².